The van der Waals surface area contributed by atoms with Gasteiger partial charge in [0, 0.05) is 12.6 Å². The number of benzene rings is 1. The Hall–Kier alpha value is -0.640. The second kappa shape index (κ2) is 8.11. The Labute approximate surface area is 131 Å². The van der Waals surface area contributed by atoms with E-state index >= 15 is 0 Å². The van der Waals surface area contributed by atoms with Crippen LogP contribution in [0.5, 0.6) is 0 Å². The van der Waals surface area contributed by atoms with Crippen molar-refractivity contribution >= 4 is 11.6 Å². The van der Waals surface area contributed by atoms with Crippen LogP contribution < -0.4 is 5.73 Å². The monoisotopic (exact) mass is 313 g/mol. The minimum atomic E-state index is -0.386. The minimum absolute atomic E-state index is 0.0745. The maximum absolute atomic E-state index is 13.2. The maximum atomic E-state index is 13.2. The smallest absolute Gasteiger partial charge is 0.141 e. The van der Waals surface area contributed by atoms with E-state index in [9.17, 15) is 4.39 Å². The van der Waals surface area contributed by atoms with Crippen LogP contribution in [-0.2, 0) is 11.2 Å². The highest BCUT2D eigenvalue weighted by molar-refractivity contribution is 6.30. The van der Waals surface area contributed by atoms with Gasteiger partial charge in [-0.25, -0.2) is 4.39 Å². The molecule has 2 rings (SSSR count). The molecule has 1 aliphatic rings. The molecule has 2 unspecified atom stereocenters. The van der Waals surface area contributed by atoms with E-state index in [1.807, 2.05) is 6.92 Å². The van der Waals surface area contributed by atoms with Crippen molar-refractivity contribution in [2.24, 2.45) is 11.7 Å². The number of rotatable bonds is 6. The van der Waals surface area contributed by atoms with Crippen molar-refractivity contribution in [2.75, 3.05) is 6.61 Å². The fraction of sp³-hybridized carbons (Fsp3) is 0.647. The summed E-state index contributed by atoms with van der Waals surface area (Å²) in [6.07, 6.45) is 7.00. The van der Waals surface area contributed by atoms with E-state index < -0.39 is 0 Å². The third-order valence-electron chi connectivity index (χ3n) is 4.35. The molecule has 2 nitrogen and oxygen atoms in total. The van der Waals surface area contributed by atoms with Gasteiger partial charge in [-0.15, -0.1) is 0 Å². The zero-order valence-electron chi connectivity index (χ0n) is 12.7. The van der Waals surface area contributed by atoms with Gasteiger partial charge in [-0.3, -0.25) is 0 Å². The third-order valence-corrected chi connectivity index (χ3v) is 4.64. The summed E-state index contributed by atoms with van der Waals surface area (Å²) in [7, 11) is 0. The number of nitrogens with two attached hydrogens (primary N) is 1. The Morgan fingerprint density at radius 2 is 2.05 bits per heavy atom. The molecule has 0 spiro atoms. The van der Waals surface area contributed by atoms with Crippen LogP contribution in [0.1, 0.15) is 44.6 Å². The van der Waals surface area contributed by atoms with Crippen molar-refractivity contribution in [2.45, 2.75) is 57.6 Å². The Morgan fingerprint density at radius 1 is 1.33 bits per heavy atom. The van der Waals surface area contributed by atoms with Crippen LogP contribution >= 0.6 is 11.6 Å². The highest BCUT2D eigenvalue weighted by atomic mass is 35.5. The first kappa shape index (κ1) is 16.7. The maximum Gasteiger partial charge on any atom is 0.141 e. The molecule has 4 heteroatoms. The van der Waals surface area contributed by atoms with Gasteiger partial charge in [-0.1, -0.05) is 36.9 Å². The minimum Gasteiger partial charge on any atom is -0.377 e. The van der Waals surface area contributed by atoms with Crippen molar-refractivity contribution in [1.29, 1.82) is 0 Å². The van der Waals surface area contributed by atoms with Crippen molar-refractivity contribution < 1.29 is 9.13 Å². The van der Waals surface area contributed by atoms with Crippen LogP contribution in [0.25, 0.3) is 0 Å². The summed E-state index contributed by atoms with van der Waals surface area (Å²) in [4.78, 5) is 0. The zero-order chi connectivity index (χ0) is 15.2. The quantitative estimate of drug-likeness (QED) is 0.848. The Kier molecular flexibility index (Phi) is 6.46. The summed E-state index contributed by atoms with van der Waals surface area (Å²) >= 11 is 5.84. The fourth-order valence-corrected chi connectivity index (χ4v) is 3.52. The molecule has 0 aromatic heterocycles. The molecule has 1 aliphatic carbocycles. The molecule has 1 fully saturated rings. The molecule has 0 radical (unpaired) electrons. The highest BCUT2D eigenvalue weighted by Crippen LogP contribution is 2.30. The molecule has 0 saturated heterocycles. The molecule has 0 aliphatic heterocycles. The van der Waals surface area contributed by atoms with E-state index in [4.69, 9.17) is 22.1 Å². The van der Waals surface area contributed by atoms with Gasteiger partial charge in [-0.05, 0) is 49.8 Å². The molecule has 0 heterocycles. The lowest BCUT2D eigenvalue weighted by molar-refractivity contribution is -0.00912. The number of halogens is 2. The van der Waals surface area contributed by atoms with Crippen molar-refractivity contribution in [3.05, 3.63) is 34.6 Å². The molecular formula is C17H25ClFNO. The Morgan fingerprint density at radius 3 is 2.67 bits per heavy atom. The van der Waals surface area contributed by atoms with E-state index in [1.54, 1.807) is 12.1 Å². The van der Waals surface area contributed by atoms with Crippen LogP contribution in [0.4, 0.5) is 4.39 Å². The van der Waals surface area contributed by atoms with E-state index in [1.165, 1.54) is 38.2 Å². The molecule has 1 saturated carbocycles. The van der Waals surface area contributed by atoms with Gasteiger partial charge in [0.25, 0.3) is 0 Å². The molecule has 0 bridgehead atoms. The fourth-order valence-electron chi connectivity index (χ4n) is 3.32. The SMILES string of the molecule is CCOC(C(N)Cc1ccc(F)c(Cl)c1)C1CCCCC1. The summed E-state index contributed by atoms with van der Waals surface area (Å²) in [5.41, 5.74) is 7.36. The van der Waals surface area contributed by atoms with Gasteiger partial charge in [0.1, 0.15) is 5.82 Å². The first-order valence-electron chi connectivity index (χ1n) is 7.93. The third kappa shape index (κ3) is 4.67. The average molecular weight is 314 g/mol. The molecule has 1 aromatic carbocycles. The summed E-state index contributed by atoms with van der Waals surface area (Å²) in [6.45, 7) is 2.69. The van der Waals surface area contributed by atoms with Crippen LogP contribution in [-0.4, -0.2) is 18.8 Å². The standard InChI is InChI=1S/C17H25ClFNO/c1-2-21-17(13-6-4-3-5-7-13)16(20)11-12-8-9-15(19)14(18)10-12/h8-10,13,16-17H,2-7,11,20H2,1H3. The number of hydrogen-bond acceptors (Lipinski definition) is 2. The van der Waals surface area contributed by atoms with E-state index in [0.29, 0.717) is 18.9 Å². The Balaban J connectivity index is 2.02. The molecule has 118 valence electrons. The van der Waals surface area contributed by atoms with Gasteiger partial charge in [0.2, 0.25) is 0 Å². The molecule has 2 N–H and O–H groups in total. The first-order chi connectivity index (χ1) is 10.1. The molecule has 0 amide bonds. The summed E-state index contributed by atoms with van der Waals surface area (Å²) < 4.78 is 19.2. The lowest BCUT2D eigenvalue weighted by Crippen LogP contribution is -2.44. The lowest BCUT2D eigenvalue weighted by atomic mass is 9.81. The van der Waals surface area contributed by atoms with Gasteiger partial charge in [0.15, 0.2) is 0 Å². The molecular weight excluding hydrogens is 289 g/mol. The van der Waals surface area contributed by atoms with E-state index in [0.717, 1.165) is 5.56 Å². The second-order valence-corrected chi connectivity index (χ2v) is 6.34. The molecule has 2 atom stereocenters. The van der Waals surface area contributed by atoms with Gasteiger partial charge < -0.3 is 10.5 Å². The van der Waals surface area contributed by atoms with Crippen molar-refractivity contribution in [3.8, 4) is 0 Å². The number of ether oxygens (including phenoxy) is 1. The summed E-state index contributed by atoms with van der Waals surface area (Å²) in [5.74, 6) is 0.159. The van der Waals surface area contributed by atoms with Gasteiger partial charge >= 0.3 is 0 Å². The first-order valence-corrected chi connectivity index (χ1v) is 8.30. The predicted molar refractivity (Wildman–Crippen MR) is 85.1 cm³/mol. The van der Waals surface area contributed by atoms with E-state index in [-0.39, 0.29) is 23.0 Å². The highest BCUT2D eigenvalue weighted by Gasteiger charge is 2.29. The van der Waals surface area contributed by atoms with Crippen molar-refractivity contribution in [1.82, 2.24) is 0 Å². The largest absolute Gasteiger partial charge is 0.377 e. The van der Waals surface area contributed by atoms with Crippen LogP contribution in [0, 0.1) is 11.7 Å². The van der Waals surface area contributed by atoms with Gasteiger partial charge in [0.05, 0.1) is 11.1 Å². The zero-order valence-corrected chi connectivity index (χ0v) is 13.4. The van der Waals surface area contributed by atoms with E-state index in [2.05, 4.69) is 0 Å². The average Bonchev–Trinajstić information content (AvgIpc) is 2.49. The van der Waals surface area contributed by atoms with Crippen LogP contribution in [0.15, 0.2) is 18.2 Å². The normalized spacial score (nSPS) is 19.4. The predicted octanol–water partition coefficient (Wildman–Crippen LogP) is 4.33. The van der Waals surface area contributed by atoms with Gasteiger partial charge in [-0.2, -0.15) is 0 Å². The number of hydrogen-bond donors (Lipinski definition) is 1. The van der Waals surface area contributed by atoms with Crippen LogP contribution in [0.2, 0.25) is 5.02 Å². The Bertz CT molecular complexity index is 448. The molecule has 1 aromatic rings. The topological polar surface area (TPSA) is 35.2 Å². The second-order valence-electron chi connectivity index (χ2n) is 5.93. The van der Waals surface area contributed by atoms with Crippen LogP contribution in [0.3, 0.4) is 0 Å². The lowest BCUT2D eigenvalue weighted by Gasteiger charge is -2.34. The molecule has 21 heavy (non-hydrogen) atoms. The summed E-state index contributed by atoms with van der Waals surface area (Å²) in [6, 6.07) is 4.75. The summed E-state index contributed by atoms with van der Waals surface area (Å²) in [5, 5.41) is 0.158. The van der Waals surface area contributed by atoms with Crippen molar-refractivity contribution in [3.63, 3.8) is 0 Å².